The Morgan fingerprint density at radius 3 is 2.93 bits per heavy atom. The summed E-state index contributed by atoms with van der Waals surface area (Å²) in [5.41, 5.74) is 7.65. The van der Waals surface area contributed by atoms with Gasteiger partial charge in [-0.25, -0.2) is 0 Å². The van der Waals surface area contributed by atoms with Crippen LogP contribution < -0.4 is 5.73 Å². The molecule has 0 bridgehead atoms. The highest BCUT2D eigenvalue weighted by Gasteiger charge is 2.03. The Morgan fingerprint density at radius 1 is 1.33 bits per heavy atom. The predicted molar refractivity (Wildman–Crippen MR) is 65.9 cm³/mol. The second kappa shape index (κ2) is 4.73. The van der Waals surface area contributed by atoms with Crippen molar-refractivity contribution in [1.29, 1.82) is 0 Å². The first-order valence-electron chi connectivity index (χ1n) is 5.12. The van der Waals surface area contributed by atoms with Gasteiger partial charge in [0.05, 0.1) is 5.75 Å². The number of furan rings is 1. The van der Waals surface area contributed by atoms with E-state index in [4.69, 9.17) is 10.2 Å². The van der Waals surface area contributed by atoms with Crippen LogP contribution in [-0.2, 0) is 12.3 Å². The van der Waals surface area contributed by atoms with E-state index in [1.807, 2.05) is 17.8 Å². The number of thioether (sulfide) groups is 1. The lowest BCUT2D eigenvalue weighted by atomic mass is 10.2. The molecule has 0 unspecified atom stereocenters. The van der Waals surface area contributed by atoms with E-state index < -0.39 is 0 Å². The molecule has 1 aromatic heterocycles. The number of hydrogen-bond acceptors (Lipinski definition) is 3. The molecule has 15 heavy (non-hydrogen) atoms. The van der Waals surface area contributed by atoms with Gasteiger partial charge in [-0.3, -0.25) is 0 Å². The maximum atomic E-state index is 5.74. The molecule has 0 amide bonds. The number of rotatable bonds is 4. The van der Waals surface area contributed by atoms with Crippen molar-refractivity contribution in [3.8, 4) is 0 Å². The highest BCUT2D eigenvalue weighted by Crippen LogP contribution is 2.23. The number of fused-ring (bicyclic) bond motifs is 1. The molecule has 0 aliphatic carbocycles. The summed E-state index contributed by atoms with van der Waals surface area (Å²) < 4.78 is 5.74. The fourth-order valence-electron chi connectivity index (χ4n) is 1.53. The van der Waals surface area contributed by atoms with Crippen LogP contribution in [0.1, 0.15) is 18.2 Å². The highest BCUT2D eigenvalue weighted by molar-refractivity contribution is 7.98. The summed E-state index contributed by atoms with van der Waals surface area (Å²) in [6.07, 6.45) is 0. The molecule has 0 aliphatic rings. The molecule has 2 N–H and O–H groups in total. The molecule has 0 saturated carbocycles. The minimum absolute atomic E-state index is 0.565. The second-order valence-electron chi connectivity index (χ2n) is 3.43. The van der Waals surface area contributed by atoms with E-state index in [0.29, 0.717) is 6.54 Å². The number of nitrogens with two attached hydrogens (primary N) is 1. The Bertz CT molecular complexity index is 450. The van der Waals surface area contributed by atoms with Gasteiger partial charge in [0.15, 0.2) is 0 Å². The molecule has 2 rings (SSSR count). The van der Waals surface area contributed by atoms with Gasteiger partial charge in [0.25, 0.3) is 0 Å². The van der Waals surface area contributed by atoms with Crippen LogP contribution in [0.5, 0.6) is 0 Å². The Morgan fingerprint density at radius 2 is 2.20 bits per heavy atom. The third-order valence-electron chi connectivity index (χ3n) is 2.32. The average Bonchev–Trinajstić information content (AvgIpc) is 2.67. The maximum Gasteiger partial charge on any atom is 0.134 e. The van der Waals surface area contributed by atoms with E-state index >= 15 is 0 Å². The molecule has 1 heterocycles. The molecule has 3 heteroatoms. The van der Waals surface area contributed by atoms with E-state index in [9.17, 15) is 0 Å². The third kappa shape index (κ3) is 2.36. The van der Waals surface area contributed by atoms with E-state index in [1.54, 1.807) is 0 Å². The molecule has 0 spiro atoms. The lowest BCUT2D eigenvalue weighted by Gasteiger charge is -1.94. The van der Waals surface area contributed by atoms with Crippen LogP contribution >= 0.6 is 11.8 Å². The predicted octanol–water partition coefficient (Wildman–Crippen LogP) is 3.14. The van der Waals surface area contributed by atoms with Gasteiger partial charge in [-0.1, -0.05) is 19.1 Å². The molecule has 2 nitrogen and oxygen atoms in total. The van der Waals surface area contributed by atoms with Crippen molar-refractivity contribution < 1.29 is 4.42 Å². The Balaban J connectivity index is 2.29. The van der Waals surface area contributed by atoms with Gasteiger partial charge in [0.1, 0.15) is 11.3 Å². The zero-order valence-corrected chi connectivity index (χ0v) is 9.64. The summed E-state index contributed by atoms with van der Waals surface area (Å²) in [5, 5.41) is 1.17. The second-order valence-corrected chi connectivity index (χ2v) is 4.70. The lowest BCUT2D eigenvalue weighted by molar-refractivity contribution is 0.573. The molecule has 0 saturated heterocycles. The van der Waals surface area contributed by atoms with Crippen LogP contribution in [0.25, 0.3) is 11.0 Å². The molecular formula is C12H15NOS. The Hall–Kier alpha value is -0.930. The van der Waals surface area contributed by atoms with E-state index in [2.05, 4.69) is 25.1 Å². The zero-order valence-electron chi connectivity index (χ0n) is 8.82. The normalized spacial score (nSPS) is 11.1. The third-order valence-corrected chi connectivity index (χ3v) is 3.22. The van der Waals surface area contributed by atoms with Crippen LogP contribution in [0.2, 0.25) is 0 Å². The topological polar surface area (TPSA) is 39.2 Å². The first kappa shape index (κ1) is 10.6. The summed E-state index contributed by atoms with van der Waals surface area (Å²) >= 11 is 1.87. The van der Waals surface area contributed by atoms with Crippen LogP contribution in [0.15, 0.2) is 28.7 Å². The quantitative estimate of drug-likeness (QED) is 0.862. The van der Waals surface area contributed by atoms with Gasteiger partial charge in [-0.15, -0.1) is 0 Å². The molecule has 0 atom stereocenters. The molecule has 0 aliphatic heterocycles. The number of hydrogen-bond donors (Lipinski definition) is 1. The minimum Gasteiger partial charge on any atom is -0.460 e. The molecule has 2 aromatic rings. The van der Waals surface area contributed by atoms with Crippen molar-refractivity contribution in [3.63, 3.8) is 0 Å². The summed E-state index contributed by atoms with van der Waals surface area (Å²) in [6.45, 7) is 2.72. The Kier molecular flexibility index (Phi) is 3.34. The van der Waals surface area contributed by atoms with Crippen LogP contribution in [0.3, 0.4) is 0 Å². The van der Waals surface area contributed by atoms with Gasteiger partial charge in [-0.2, -0.15) is 11.8 Å². The average molecular weight is 221 g/mol. The molecular weight excluding hydrogens is 206 g/mol. The fourth-order valence-corrected chi connectivity index (χ4v) is 2.08. The van der Waals surface area contributed by atoms with Crippen molar-refractivity contribution in [3.05, 3.63) is 35.6 Å². The summed E-state index contributed by atoms with van der Waals surface area (Å²) in [5.74, 6) is 3.11. The summed E-state index contributed by atoms with van der Waals surface area (Å²) in [4.78, 5) is 0. The maximum absolute atomic E-state index is 5.74. The summed E-state index contributed by atoms with van der Waals surface area (Å²) in [7, 11) is 0. The summed E-state index contributed by atoms with van der Waals surface area (Å²) in [6, 6.07) is 8.25. The van der Waals surface area contributed by atoms with Crippen LogP contribution in [-0.4, -0.2) is 5.75 Å². The minimum atomic E-state index is 0.565. The smallest absolute Gasteiger partial charge is 0.134 e. The van der Waals surface area contributed by atoms with Gasteiger partial charge in [0, 0.05) is 11.9 Å². The van der Waals surface area contributed by atoms with Gasteiger partial charge in [-0.05, 0) is 23.4 Å². The van der Waals surface area contributed by atoms with Crippen molar-refractivity contribution >= 4 is 22.7 Å². The van der Waals surface area contributed by atoms with E-state index in [-0.39, 0.29) is 0 Å². The molecule has 80 valence electrons. The number of benzene rings is 1. The van der Waals surface area contributed by atoms with Crippen LogP contribution in [0.4, 0.5) is 0 Å². The Labute approximate surface area is 93.8 Å². The standard InChI is InChI=1S/C12H15NOS/c1-2-15-8-11-6-10-4-3-9(7-13)5-12(10)14-11/h3-6H,2,7-8,13H2,1H3. The molecule has 0 fully saturated rings. The first-order valence-corrected chi connectivity index (χ1v) is 6.28. The zero-order chi connectivity index (χ0) is 10.7. The SMILES string of the molecule is CCSCc1cc2ccc(CN)cc2o1. The van der Waals surface area contributed by atoms with Crippen LogP contribution in [0, 0.1) is 0 Å². The lowest BCUT2D eigenvalue weighted by Crippen LogP contribution is -1.94. The monoisotopic (exact) mass is 221 g/mol. The van der Waals surface area contributed by atoms with E-state index in [1.165, 1.54) is 5.39 Å². The van der Waals surface area contributed by atoms with Gasteiger partial charge < -0.3 is 10.2 Å². The van der Waals surface area contributed by atoms with Gasteiger partial charge in [0.2, 0.25) is 0 Å². The molecule has 0 radical (unpaired) electrons. The van der Waals surface area contributed by atoms with E-state index in [0.717, 1.165) is 28.4 Å². The van der Waals surface area contributed by atoms with Crippen molar-refractivity contribution in [2.45, 2.75) is 19.2 Å². The highest BCUT2D eigenvalue weighted by atomic mass is 32.2. The van der Waals surface area contributed by atoms with Crippen molar-refractivity contribution in [2.75, 3.05) is 5.75 Å². The fraction of sp³-hybridized carbons (Fsp3) is 0.333. The van der Waals surface area contributed by atoms with Crippen molar-refractivity contribution in [2.24, 2.45) is 5.73 Å². The molecule has 1 aromatic carbocycles. The first-order chi connectivity index (χ1) is 7.33. The van der Waals surface area contributed by atoms with Crippen molar-refractivity contribution in [1.82, 2.24) is 0 Å². The largest absolute Gasteiger partial charge is 0.460 e. The van der Waals surface area contributed by atoms with Gasteiger partial charge >= 0.3 is 0 Å².